The Bertz CT molecular complexity index is 645. The average Bonchev–Trinajstić information content (AvgIpc) is 2.46. The third kappa shape index (κ3) is 3.43. The summed E-state index contributed by atoms with van der Waals surface area (Å²) in [5.41, 5.74) is 9.16. The van der Waals surface area contributed by atoms with Gasteiger partial charge in [-0.2, -0.15) is 0 Å². The summed E-state index contributed by atoms with van der Waals surface area (Å²) in [7, 11) is 0. The molecule has 0 aliphatic carbocycles. The molecule has 0 heterocycles. The molecule has 2 atom stereocenters. The summed E-state index contributed by atoms with van der Waals surface area (Å²) < 4.78 is 13.9. The second-order valence-electron chi connectivity index (χ2n) is 5.30. The fraction of sp³-hybridized carbons (Fsp3) is 0.294. The van der Waals surface area contributed by atoms with Crippen molar-refractivity contribution in [1.82, 2.24) is 0 Å². The van der Waals surface area contributed by atoms with Crippen molar-refractivity contribution in [2.24, 2.45) is 5.73 Å². The van der Waals surface area contributed by atoms with E-state index in [4.69, 9.17) is 17.3 Å². The highest BCUT2D eigenvalue weighted by Gasteiger charge is 2.24. The van der Waals surface area contributed by atoms with Crippen molar-refractivity contribution in [3.8, 4) is 0 Å². The van der Waals surface area contributed by atoms with Crippen molar-refractivity contribution in [2.75, 3.05) is 6.54 Å². The number of aryl methyl sites for hydroxylation is 2. The molecule has 0 radical (unpaired) electrons. The van der Waals surface area contributed by atoms with E-state index >= 15 is 0 Å². The van der Waals surface area contributed by atoms with E-state index < -0.39 is 11.9 Å². The Morgan fingerprint density at radius 2 is 1.86 bits per heavy atom. The molecule has 0 spiro atoms. The first-order valence-corrected chi connectivity index (χ1v) is 7.22. The molecule has 0 aliphatic rings. The van der Waals surface area contributed by atoms with Gasteiger partial charge >= 0.3 is 0 Å². The van der Waals surface area contributed by atoms with Crippen LogP contribution in [0, 0.1) is 19.7 Å². The van der Waals surface area contributed by atoms with Gasteiger partial charge in [-0.25, -0.2) is 4.39 Å². The van der Waals surface area contributed by atoms with Gasteiger partial charge in [-0.15, -0.1) is 0 Å². The molecule has 112 valence electrons. The van der Waals surface area contributed by atoms with Gasteiger partial charge in [0.15, 0.2) is 0 Å². The summed E-state index contributed by atoms with van der Waals surface area (Å²) in [5.74, 6) is -0.855. The van der Waals surface area contributed by atoms with E-state index in [0.717, 1.165) is 16.7 Å². The fourth-order valence-electron chi connectivity index (χ4n) is 2.40. The van der Waals surface area contributed by atoms with Crippen LogP contribution in [0.5, 0.6) is 0 Å². The monoisotopic (exact) mass is 307 g/mol. The molecule has 0 aliphatic heterocycles. The third-order valence-corrected chi connectivity index (χ3v) is 4.11. The van der Waals surface area contributed by atoms with E-state index in [1.165, 1.54) is 18.2 Å². The van der Waals surface area contributed by atoms with Crippen LogP contribution in [0.1, 0.15) is 34.3 Å². The van der Waals surface area contributed by atoms with Gasteiger partial charge in [0, 0.05) is 23.0 Å². The van der Waals surface area contributed by atoms with Crippen LogP contribution in [0.4, 0.5) is 4.39 Å². The van der Waals surface area contributed by atoms with E-state index in [9.17, 15) is 9.50 Å². The number of aliphatic hydroxyl groups is 1. The van der Waals surface area contributed by atoms with Gasteiger partial charge in [-0.05, 0) is 48.7 Å². The van der Waals surface area contributed by atoms with E-state index in [2.05, 4.69) is 0 Å². The van der Waals surface area contributed by atoms with Gasteiger partial charge in [-0.1, -0.05) is 29.8 Å². The minimum Gasteiger partial charge on any atom is -0.388 e. The van der Waals surface area contributed by atoms with Crippen LogP contribution in [0.2, 0.25) is 5.02 Å². The van der Waals surface area contributed by atoms with Crippen molar-refractivity contribution in [2.45, 2.75) is 25.9 Å². The highest BCUT2D eigenvalue weighted by Crippen LogP contribution is 2.33. The topological polar surface area (TPSA) is 46.2 Å². The predicted molar refractivity (Wildman–Crippen MR) is 84.1 cm³/mol. The molecule has 4 heteroatoms. The number of benzene rings is 2. The first-order valence-electron chi connectivity index (χ1n) is 6.84. The number of nitrogens with two attached hydrogens (primary N) is 1. The maximum absolute atomic E-state index is 13.9. The fourth-order valence-corrected chi connectivity index (χ4v) is 2.58. The molecule has 0 amide bonds. The lowest BCUT2D eigenvalue weighted by atomic mass is 9.87. The van der Waals surface area contributed by atoms with Crippen molar-refractivity contribution in [3.63, 3.8) is 0 Å². The molecule has 2 nitrogen and oxygen atoms in total. The second-order valence-corrected chi connectivity index (χ2v) is 5.73. The molecule has 2 unspecified atom stereocenters. The Labute approximate surface area is 129 Å². The highest BCUT2D eigenvalue weighted by atomic mass is 35.5. The predicted octanol–water partition coefficient (Wildman–Crippen LogP) is 3.87. The molecule has 2 aromatic rings. The summed E-state index contributed by atoms with van der Waals surface area (Å²) in [5, 5.41) is 10.9. The zero-order chi connectivity index (χ0) is 15.6. The van der Waals surface area contributed by atoms with Crippen LogP contribution >= 0.6 is 11.6 Å². The van der Waals surface area contributed by atoms with E-state index in [1.54, 1.807) is 0 Å². The Morgan fingerprint density at radius 3 is 2.48 bits per heavy atom. The number of hydrogen-bond donors (Lipinski definition) is 2. The lowest BCUT2D eigenvalue weighted by Crippen LogP contribution is -2.21. The molecule has 21 heavy (non-hydrogen) atoms. The number of rotatable bonds is 4. The largest absolute Gasteiger partial charge is 0.388 e. The number of hydrogen-bond acceptors (Lipinski definition) is 2. The van der Waals surface area contributed by atoms with Crippen molar-refractivity contribution in [1.29, 1.82) is 0 Å². The van der Waals surface area contributed by atoms with Crippen molar-refractivity contribution in [3.05, 3.63) is 69.5 Å². The van der Waals surface area contributed by atoms with Crippen LogP contribution in [-0.2, 0) is 0 Å². The molecule has 3 N–H and O–H groups in total. The van der Waals surface area contributed by atoms with Gasteiger partial charge in [0.25, 0.3) is 0 Å². The van der Waals surface area contributed by atoms with Crippen LogP contribution in [0.3, 0.4) is 0 Å². The summed E-state index contributed by atoms with van der Waals surface area (Å²) in [4.78, 5) is 0. The first kappa shape index (κ1) is 16.0. The standard InChI is InChI=1S/C17H19ClFNO/c1-10-3-4-12(7-11(10)2)15(9-20)17(21)14-8-13(18)5-6-16(14)19/h3-8,15,17,21H,9,20H2,1-2H3. The quantitative estimate of drug-likeness (QED) is 0.900. The average molecular weight is 308 g/mol. The molecule has 2 aromatic carbocycles. The molecule has 0 fully saturated rings. The highest BCUT2D eigenvalue weighted by molar-refractivity contribution is 6.30. The summed E-state index contributed by atoms with van der Waals surface area (Å²) in [6.45, 7) is 4.23. The molecule has 0 saturated heterocycles. The molecule has 0 saturated carbocycles. The van der Waals surface area contributed by atoms with Gasteiger partial charge < -0.3 is 10.8 Å². The van der Waals surface area contributed by atoms with Gasteiger partial charge in [0.1, 0.15) is 5.82 Å². The van der Waals surface area contributed by atoms with E-state index in [-0.39, 0.29) is 18.0 Å². The van der Waals surface area contributed by atoms with Crippen LogP contribution in [0.25, 0.3) is 0 Å². The van der Waals surface area contributed by atoms with Gasteiger partial charge in [0.05, 0.1) is 6.10 Å². The Balaban J connectivity index is 2.40. The SMILES string of the molecule is Cc1ccc(C(CN)C(O)c2cc(Cl)ccc2F)cc1C. The van der Waals surface area contributed by atoms with Crippen LogP contribution < -0.4 is 5.73 Å². The van der Waals surface area contributed by atoms with Gasteiger partial charge in [-0.3, -0.25) is 0 Å². The smallest absolute Gasteiger partial charge is 0.129 e. The normalized spacial score (nSPS) is 14.0. The summed E-state index contributed by atoms with van der Waals surface area (Å²) >= 11 is 5.89. The van der Waals surface area contributed by atoms with E-state index in [0.29, 0.717) is 5.02 Å². The summed E-state index contributed by atoms with van der Waals surface area (Å²) in [6, 6.07) is 10.1. The zero-order valence-electron chi connectivity index (χ0n) is 12.1. The van der Waals surface area contributed by atoms with Crippen LogP contribution in [-0.4, -0.2) is 11.7 Å². The minimum atomic E-state index is -1.03. The minimum absolute atomic E-state index is 0.177. The van der Waals surface area contributed by atoms with Crippen molar-refractivity contribution < 1.29 is 9.50 Å². The lowest BCUT2D eigenvalue weighted by molar-refractivity contribution is 0.143. The van der Waals surface area contributed by atoms with E-state index in [1.807, 2.05) is 32.0 Å². The maximum Gasteiger partial charge on any atom is 0.129 e. The zero-order valence-corrected chi connectivity index (χ0v) is 12.9. The lowest BCUT2D eigenvalue weighted by Gasteiger charge is -2.23. The Kier molecular flexibility index (Phi) is 4.99. The van der Waals surface area contributed by atoms with Crippen LogP contribution in [0.15, 0.2) is 36.4 Å². The number of aliphatic hydroxyl groups excluding tert-OH is 1. The number of halogens is 2. The second kappa shape index (κ2) is 6.56. The molecular weight excluding hydrogens is 289 g/mol. The summed E-state index contributed by atoms with van der Waals surface area (Å²) in [6.07, 6.45) is -1.03. The molecular formula is C17H19ClFNO. The first-order chi connectivity index (χ1) is 9.93. The van der Waals surface area contributed by atoms with Crippen molar-refractivity contribution >= 4 is 11.6 Å². The molecule has 0 bridgehead atoms. The van der Waals surface area contributed by atoms with Gasteiger partial charge in [0.2, 0.25) is 0 Å². The molecule has 2 rings (SSSR count). The molecule has 0 aromatic heterocycles. The Morgan fingerprint density at radius 1 is 1.14 bits per heavy atom. The Hall–Kier alpha value is -1.42. The third-order valence-electron chi connectivity index (χ3n) is 3.87. The maximum atomic E-state index is 13.9.